The highest BCUT2D eigenvalue weighted by Gasteiger charge is 2.38. The number of hydrogen-bond acceptors (Lipinski definition) is 5. The molecular weight excluding hydrogens is 468 g/mol. The van der Waals surface area contributed by atoms with Crippen molar-refractivity contribution in [2.24, 2.45) is 9.98 Å². The van der Waals surface area contributed by atoms with Gasteiger partial charge in [0.1, 0.15) is 5.84 Å². The minimum atomic E-state index is -0.466. The summed E-state index contributed by atoms with van der Waals surface area (Å²) < 4.78 is 6.32. The van der Waals surface area contributed by atoms with Crippen LogP contribution in [0.5, 0.6) is 11.5 Å². The molecule has 7 rings (SSSR count). The Hall–Kier alpha value is -5.16. The number of nitrogens with zero attached hydrogens (tertiary/aromatic N) is 4. The lowest BCUT2D eigenvalue weighted by Crippen LogP contribution is -2.52. The molecule has 5 heteroatoms. The second kappa shape index (κ2) is 9.37. The molecule has 2 heterocycles. The summed E-state index contributed by atoms with van der Waals surface area (Å²) in [6.45, 7) is 0. The van der Waals surface area contributed by atoms with Crippen molar-refractivity contribution in [2.75, 3.05) is 9.80 Å². The van der Waals surface area contributed by atoms with Crippen LogP contribution in [0, 0.1) is 0 Å². The SMILES string of the molecule is c1ccc(C2=NC(N3c4ccccc4Oc4ccccc43)N(c3ccccc3)C(c3ccccc3)=N2)cc1. The second-order valence-electron chi connectivity index (χ2n) is 9.08. The Morgan fingerprint density at radius 3 is 1.61 bits per heavy atom. The molecule has 0 spiro atoms. The van der Waals surface area contributed by atoms with Gasteiger partial charge in [-0.1, -0.05) is 103 Å². The van der Waals surface area contributed by atoms with Gasteiger partial charge in [-0.3, -0.25) is 9.80 Å². The fourth-order valence-corrected chi connectivity index (χ4v) is 4.98. The molecule has 1 unspecified atom stereocenters. The van der Waals surface area contributed by atoms with E-state index in [-0.39, 0.29) is 0 Å². The Bertz CT molecular complexity index is 1600. The van der Waals surface area contributed by atoms with Gasteiger partial charge in [0.15, 0.2) is 17.3 Å². The number of aliphatic imine (C=N–C) groups is 2. The topological polar surface area (TPSA) is 40.4 Å². The Morgan fingerprint density at radius 2 is 1.00 bits per heavy atom. The van der Waals surface area contributed by atoms with E-state index >= 15 is 0 Å². The van der Waals surface area contributed by atoms with Crippen molar-refractivity contribution in [2.45, 2.75) is 6.29 Å². The number of anilines is 3. The molecule has 5 aromatic rings. The van der Waals surface area contributed by atoms with Crippen molar-refractivity contribution in [1.29, 1.82) is 0 Å². The van der Waals surface area contributed by atoms with E-state index in [1.54, 1.807) is 0 Å². The summed E-state index contributed by atoms with van der Waals surface area (Å²) in [4.78, 5) is 15.0. The van der Waals surface area contributed by atoms with Crippen LogP contribution in [0.3, 0.4) is 0 Å². The highest BCUT2D eigenvalue weighted by molar-refractivity contribution is 6.19. The molecule has 5 nitrogen and oxygen atoms in total. The maximum Gasteiger partial charge on any atom is 0.211 e. The fourth-order valence-electron chi connectivity index (χ4n) is 4.98. The van der Waals surface area contributed by atoms with Crippen molar-refractivity contribution in [1.82, 2.24) is 0 Å². The van der Waals surface area contributed by atoms with Crippen molar-refractivity contribution < 1.29 is 4.74 Å². The third-order valence-corrected chi connectivity index (χ3v) is 6.71. The molecule has 5 aromatic carbocycles. The highest BCUT2D eigenvalue weighted by Crippen LogP contribution is 2.48. The van der Waals surface area contributed by atoms with Gasteiger partial charge in [0.25, 0.3) is 0 Å². The first-order valence-electron chi connectivity index (χ1n) is 12.6. The summed E-state index contributed by atoms with van der Waals surface area (Å²) in [5, 5.41) is 0. The third kappa shape index (κ3) is 3.82. The largest absolute Gasteiger partial charge is 0.453 e. The number of fused-ring (bicyclic) bond motifs is 2. The number of benzene rings is 5. The van der Waals surface area contributed by atoms with Crippen LogP contribution in [0.2, 0.25) is 0 Å². The number of rotatable bonds is 4. The van der Waals surface area contributed by atoms with Gasteiger partial charge in [-0.25, -0.2) is 9.98 Å². The zero-order valence-electron chi connectivity index (χ0n) is 20.6. The first-order valence-corrected chi connectivity index (χ1v) is 12.6. The van der Waals surface area contributed by atoms with Crippen LogP contribution in [0.1, 0.15) is 11.1 Å². The molecule has 2 aliphatic heterocycles. The van der Waals surface area contributed by atoms with Gasteiger partial charge in [0, 0.05) is 16.8 Å². The van der Waals surface area contributed by atoms with Gasteiger partial charge in [-0.2, -0.15) is 0 Å². The molecule has 0 amide bonds. The quantitative estimate of drug-likeness (QED) is 0.259. The van der Waals surface area contributed by atoms with Gasteiger partial charge in [0.05, 0.1) is 11.4 Å². The lowest BCUT2D eigenvalue weighted by atomic mass is 10.1. The van der Waals surface area contributed by atoms with E-state index in [0.29, 0.717) is 5.84 Å². The molecule has 1 atom stereocenters. The molecule has 38 heavy (non-hydrogen) atoms. The summed E-state index contributed by atoms with van der Waals surface area (Å²) >= 11 is 0. The van der Waals surface area contributed by atoms with Crippen LogP contribution >= 0.6 is 0 Å². The minimum absolute atomic E-state index is 0.466. The maximum absolute atomic E-state index is 6.32. The van der Waals surface area contributed by atoms with E-state index in [4.69, 9.17) is 14.7 Å². The molecule has 0 bridgehead atoms. The number of amidine groups is 2. The number of hydrogen-bond donors (Lipinski definition) is 0. The Kier molecular flexibility index (Phi) is 5.44. The Labute approximate surface area is 221 Å². The normalized spacial score (nSPS) is 16.1. The van der Waals surface area contributed by atoms with Gasteiger partial charge in [-0.05, 0) is 36.4 Å². The van der Waals surface area contributed by atoms with Crippen molar-refractivity contribution >= 4 is 28.7 Å². The molecule has 0 fully saturated rings. The summed E-state index contributed by atoms with van der Waals surface area (Å²) in [7, 11) is 0. The van der Waals surface area contributed by atoms with E-state index in [0.717, 1.165) is 45.5 Å². The third-order valence-electron chi connectivity index (χ3n) is 6.71. The maximum atomic E-state index is 6.32. The number of para-hydroxylation sites is 5. The van der Waals surface area contributed by atoms with E-state index in [1.807, 2.05) is 91.0 Å². The summed E-state index contributed by atoms with van der Waals surface area (Å²) in [6, 6.07) is 47.0. The van der Waals surface area contributed by atoms with Crippen molar-refractivity contribution in [3.8, 4) is 11.5 Å². The van der Waals surface area contributed by atoms with E-state index < -0.39 is 6.29 Å². The molecular formula is C33H24N4O. The number of ether oxygens (including phenoxy) is 1. The van der Waals surface area contributed by atoms with Crippen LogP contribution in [-0.2, 0) is 0 Å². The monoisotopic (exact) mass is 492 g/mol. The average Bonchev–Trinajstić information content (AvgIpc) is 3.00. The van der Waals surface area contributed by atoms with E-state index in [2.05, 4.69) is 58.3 Å². The molecule has 0 aromatic heterocycles. The van der Waals surface area contributed by atoms with Crippen LogP contribution in [0.15, 0.2) is 150 Å². The summed E-state index contributed by atoms with van der Waals surface area (Å²) in [6.07, 6.45) is -0.466. The summed E-state index contributed by atoms with van der Waals surface area (Å²) in [5.74, 6) is 3.10. The first kappa shape index (κ1) is 22.1. The van der Waals surface area contributed by atoms with Gasteiger partial charge in [0.2, 0.25) is 6.29 Å². The standard InChI is InChI=1S/C33H24N4O/c1-4-14-24(15-5-1)31-34-32(25-16-6-2-7-17-25)36(26-18-8-3-9-19-26)33(35-31)37-27-20-10-12-22-29(27)38-30-23-13-11-21-28(30)37/h1-23,33H. The zero-order chi connectivity index (χ0) is 25.3. The van der Waals surface area contributed by atoms with Gasteiger partial charge in [-0.15, -0.1) is 0 Å². The van der Waals surface area contributed by atoms with Crippen LogP contribution in [0.25, 0.3) is 0 Å². The van der Waals surface area contributed by atoms with Crippen molar-refractivity contribution in [3.05, 3.63) is 151 Å². The van der Waals surface area contributed by atoms with Crippen molar-refractivity contribution in [3.63, 3.8) is 0 Å². The Balaban J connectivity index is 1.51. The van der Waals surface area contributed by atoms with Crippen LogP contribution in [0.4, 0.5) is 17.1 Å². The zero-order valence-corrected chi connectivity index (χ0v) is 20.6. The molecule has 2 aliphatic rings. The Morgan fingerprint density at radius 1 is 0.500 bits per heavy atom. The lowest BCUT2D eigenvalue weighted by molar-refractivity contribution is 0.467. The van der Waals surface area contributed by atoms with E-state index in [9.17, 15) is 0 Å². The van der Waals surface area contributed by atoms with Crippen LogP contribution in [-0.4, -0.2) is 18.0 Å². The smallest absolute Gasteiger partial charge is 0.211 e. The van der Waals surface area contributed by atoms with Gasteiger partial charge >= 0.3 is 0 Å². The van der Waals surface area contributed by atoms with E-state index in [1.165, 1.54) is 0 Å². The summed E-state index contributed by atoms with van der Waals surface area (Å²) in [5.41, 5.74) is 4.87. The lowest BCUT2D eigenvalue weighted by Gasteiger charge is -2.44. The molecule has 0 N–H and O–H groups in total. The predicted octanol–water partition coefficient (Wildman–Crippen LogP) is 7.63. The fraction of sp³-hybridized carbons (Fsp3) is 0.0303. The van der Waals surface area contributed by atoms with Crippen LogP contribution < -0.4 is 14.5 Å². The average molecular weight is 493 g/mol. The molecule has 0 saturated carbocycles. The predicted molar refractivity (Wildman–Crippen MR) is 154 cm³/mol. The molecule has 0 aliphatic carbocycles. The minimum Gasteiger partial charge on any atom is -0.453 e. The first-order chi connectivity index (χ1) is 18.9. The molecule has 182 valence electrons. The second-order valence-corrected chi connectivity index (χ2v) is 9.08. The highest BCUT2D eigenvalue weighted by atomic mass is 16.5. The van der Waals surface area contributed by atoms with Gasteiger partial charge < -0.3 is 4.74 Å². The molecule has 0 saturated heterocycles. The molecule has 0 radical (unpaired) electrons.